The molecule has 1 atom stereocenters. The van der Waals surface area contributed by atoms with Crippen LogP contribution >= 0.6 is 11.8 Å². The van der Waals surface area contributed by atoms with E-state index in [9.17, 15) is 4.79 Å². The third-order valence-corrected chi connectivity index (χ3v) is 3.84. The zero-order valence-corrected chi connectivity index (χ0v) is 9.81. The number of thioether (sulfide) groups is 1. The van der Waals surface area contributed by atoms with E-state index in [1.165, 1.54) is 0 Å². The molecular formula is C14H10O2S. The predicted octanol–water partition coefficient (Wildman–Crippen LogP) is 3.68. The molecule has 3 rings (SSSR count). The Bertz CT molecular complexity index is 523. The van der Waals surface area contributed by atoms with Crippen molar-refractivity contribution in [3.05, 3.63) is 59.7 Å². The van der Waals surface area contributed by atoms with Gasteiger partial charge in [0, 0.05) is 11.1 Å². The minimum atomic E-state index is -0.00639. The van der Waals surface area contributed by atoms with Crippen molar-refractivity contribution in [2.45, 2.75) is 10.3 Å². The van der Waals surface area contributed by atoms with Crippen molar-refractivity contribution in [2.24, 2.45) is 0 Å². The lowest BCUT2D eigenvalue weighted by molar-refractivity contribution is 0.112. The minimum Gasteiger partial charge on any atom is -0.473 e. The van der Waals surface area contributed by atoms with Gasteiger partial charge >= 0.3 is 0 Å². The number of fused-ring (bicyclic) bond motifs is 1. The highest BCUT2D eigenvalue weighted by Crippen LogP contribution is 2.47. The van der Waals surface area contributed by atoms with Gasteiger partial charge in [-0.25, -0.2) is 0 Å². The van der Waals surface area contributed by atoms with E-state index in [1.807, 2.05) is 42.5 Å². The fraction of sp³-hybridized carbons (Fsp3) is 0.0714. The molecule has 2 aromatic carbocycles. The molecule has 0 aliphatic carbocycles. The van der Waals surface area contributed by atoms with Gasteiger partial charge in [-0.15, -0.1) is 0 Å². The molecule has 0 radical (unpaired) electrons. The lowest BCUT2D eigenvalue weighted by Crippen LogP contribution is -1.97. The number of hydrogen-bond acceptors (Lipinski definition) is 3. The Morgan fingerprint density at radius 1 is 1.06 bits per heavy atom. The maximum absolute atomic E-state index is 10.6. The van der Waals surface area contributed by atoms with Crippen LogP contribution < -0.4 is 4.74 Å². The van der Waals surface area contributed by atoms with Gasteiger partial charge in [-0.1, -0.05) is 48.2 Å². The van der Waals surface area contributed by atoms with Crippen molar-refractivity contribution < 1.29 is 9.53 Å². The summed E-state index contributed by atoms with van der Waals surface area (Å²) in [7, 11) is 0. The van der Waals surface area contributed by atoms with E-state index in [0.29, 0.717) is 5.56 Å². The van der Waals surface area contributed by atoms with Gasteiger partial charge in [-0.05, 0) is 12.1 Å². The number of benzene rings is 2. The fourth-order valence-electron chi connectivity index (χ4n) is 1.77. The van der Waals surface area contributed by atoms with Crippen LogP contribution in [0.3, 0.4) is 0 Å². The molecule has 2 aromatic rings. The molecule has 1 aliphatic heterocycles. The van der Waals surface area contributed by atoms with Crippen LogP contribution in [0.5, 0.6) is 5.75 Å². The topological polar surface area (TPSA) is 26.3 Å². The maximum atomic E-state index is 10.6. The molecule has 0 amide bonds. The Balaban J connectivity index is 1.86. The van der Waals surface area contributed by atoms with Crippen molar-refractivity contribution >= 4 is 18.0 Å². The summed E-state index contributed by atoms with van der Waals surface area (Å²) in [6.07, 6.45) is 0.848. The molecule has 3 heteroatoms. The third-order valence-electron chi connectivity index (χ3n) is 2.66. The summed E-state index contributed by atoms with van der Waals surface area (Å²) < 4.78 is 5.84. The molecule has 84 valence electrons. The van der Waals surface area contributed by atoms with E-state index in [1.54, 1.807) is 11.8 Å². The minimum absolute atomic E-state index is 0.00639. The Kier molecular flexibility index (Phi) is 2.61. The van der Waals surface area contributed by atoms with Crippen molar-refractivity contribution in [1.82, 2.24) is 0 Å². The number of aldehydes is 1. The lowest BCUT2D eigenvalue weighted by atomic mass is 10.1. The van der Waals surface area contributed by atoms with Gasteiger partial charge in [0.1, 0.15) is 12.0 Å². The Morgan fingerprint density at radius 3 is 2.53 bits per heavy atom. The second kappa shape index (κ2) is 4.26. The van der Waals surface area contributed by atoms with Crippen LogP contribution in [0.15, 0.2) is 53.4 Å². The molecule has 1 unspecified atom stereocenters. The predicted molar refractivity (Wildman–Crippen MR) is 67.5 cm³/mol. The second-order valence-corrected chi connectivity index (χ2v) is 4.90. The van der Waals surface area contributed by atoms with Crippen LogP contribution in [0.1, 0.15) is 21.4 Å². The van der Waals surface area contributed by atoms with Crippen molar-refractivity contribution in [3.8, 4) is 5.75 Å². The number of para-hydroxylation sites is 1. The average Bonchev–Trinajstić information content (AvgIpc) is 2.82. The van der Waals surface area contributed by atoms with Gasteiger partial charge in [-0.3, -0.25) is 4.79 Å². The molecular weight excluding hydrogens is 232 g/mol. The van der Waals surface area contributed by atoms with Crippen LogP contribution in [-0.2, 0) is 0 Å². The first-order valence-corrected chi connectivity index (χ1v) is 6.22. The molecule has 0 saturated carbocycles. The van der Waals surface area contributed by atoms with Crippen LogP contribution in [0, 0.1) is 0 Å². The molecule has 1 heterocycles. The van der Waals surface area contributed by atoms with Gasteiger partial charge in [0.05, 0.1) is 4.90 Å². The van der Waals surface area contributed by atoms with E-state index in [2.05, 4.69) is 6.07 Å². The van der Waals surface area contributed by atoms with Gasteiger partial charge < -0.3 is 4.74 Å². The van der Waals surface area contributed by atoms with Gasteiger partial charge in [-0.2, -0.15) is 0 Å². The fourth-order valence-corrected chi connectivity index (χ4v) is 2.83. The first-order valence-electron chi connectivity index (χ1n) is 5.34. The highest BCUT2D eigenvalue weighted by atomic mass is 32.2. The third kappa shape index (κ3) is 1.94. The molecule has 0 fully saturated rings. The first kappa shape index (κ1) is 10.4. The maximum Gasteiger partial charge on any atom is 0.174 e. The summed E-state index contributed by atoms with van der Waals surface area (Å²) in [6.45, 7) is 0. The van der Waals surface area contributed by atoms with Crippen molar-refractivity contribution in [1.29, 1.82) is 0 Å². The molecule has 0 spiro atoms. The molecule has 0 bridgehead atoms. The van der Waals surface area contributed by atoms with Crippen LogP contribution in [0.2, 0.25) is 0 Å². The van der Waals surface area contributed by atoms with Crippen LogP contribution in [0.25, 0.3) is 0 Å². The largest absolute Gasteiger partial charge is 0.473 e. The summed E-state index contributed by atoms with van der Waals surface area (Å²) in [6, 6.07) is 15.5. The second-order valence-electron chi connectivity index (χ2n) is 3.80. The van der Waals surface area contributed by atoms with Crippen molar-refractivity contribution in [2.75, 3.05) is 0 Å². The van der Waals surface area contributed by atoms with Gasteiger partial charge in [0.2, 0.25) is 0 Å². The zero-order valence-electron chi connectivity index (χ0n) is 9.00. The van der Waals surface area contributed by atoms with Crippen LogP contribution in [0.4, 0.5) is 0 Å². The average molecular weight is 242 g/mol. The normalized spacial score (nSPS) is 17.3. The molecule has 2 nitrogen and oxygen atoms in total. The van der Waals surface area contributed by atoms with E-state index in [0.717, 1.165) is 22.5 Å². The van der Waals surface area contributed by atoms with E-state index >= 15 is 0 Å². The number of rotatable bonds is 2. The van der Waals surface area contributed by atoms with E-state index < -0.39 is 0 Å². The Labute approximate surface area is 104 Å². The first-order chi connectivity index (χ1) is 8.36. The Morgan fingerprint density at radius 2 is 1.82 bits per heavy atom. The SMILES string of the molecule is O=Cc1ccc(C2Oc3ccccc3S2)cc1. The Hall–Kier alpha value is -1.74. The quantitative estimate of drug-likeness (QED) is 0.751. The number of hydrogen-bond donors (Lipinski definition) is 0. The van der Waals surface area contributed by atoms with Gasteiger partial charge in [0.15, 0.2) is 5.44 Å². The summed E-state index contributed by atoms with van der Waals surface area (Å²) in [5.41, 5.74) is 1.76. The standard InChI is InChI=1S/C14H10O2S/c15-9-10-5-7-11(8-6-10)14-16-12-3-1-2-4-13(12)17-14/h1-9,14H. The molecule has 0 N–H and O–H groups in total. The van der Waals surface area contributed by atoms with E-state index in [4.69, 9.17) is 4.74 Å². The molecule has 17 heavy (non-hydrogen) atoms. The van der Waals surface area contributed by atoms with Crippen molar-refractivity contribution in [3.63, 3.8) is 0 Å². The highest BCUT2D eigenvalue weighted by molar-refractivity contribution is 7.99. The molecule has 0 saturated heterocycles. The monoisotopic (exact) mass is 242 g/mol. The van der Waals surface area contributed by atoms with Gasteiger partial charge in [0.25, 0.3) is 0 Å². The number of carbonyl (C=O) groups is 1. The summed E-state index contributed by atoms with van der Waals surface area (Å²) in [4.78, 5) is 11.7. The summed E-state index contributed by atoms with van der Waals surface area (Å²) in [5, 5.41) is 0. The van der Waals surface area contributed by atoms with E-state index in [-0.39, 0.29) is 5.44 Å². The summed E-state index contributed by atoms with van der Waals surface area (Å²) in [5.74, 6) is 0.932. The number of ether oxygens (including phenoxy) is 1. The molecule has 1 aliphatic rings. The number of carbonyl (C=O) groups excluding carboxylic acids is 1. The smallest absolute Gasteiger partial charge is 0.174 e. The molecule has 0 aromatic heterocycles. The van der Waals surface area contributed by atoms with Crippen LogP contribution in [-0.4, -0.2) is 6.29 Å². The zero-order chi connectivity index (χ0) is 11.7. The summed E-state index contributed by atoms with van der Waals surface area (Å²) >= 11 is 1.69. The lowest BCUT2D eigenvalue weighted by Gasteiger charge is -2.09. The highest BCUT2D eigenvalue weighted by Gasteiger charge is 2.24.